The number of morpholine rings is 1. The Balaban J connectivity index is 1.59. The molecule has 2 aliphatic heterocycles. The molecule has 1 aromatic heterocycles. The molecular formula is C16H28N4O2S. The van der Waals surface area contributed by atoms with Gasteiger partial charge in [-0.25, -0.2) is 4.98 Å². The zero-order valence-corrected chi connectivity index (χ0v) is 15.4. The first kappa shape index (κ1) is 17.1. The lowest BCUT2D eigenvalue weighted by Crippen LogP contribution is -2.53. The molecule has 0 amide bonds. The van der Waals surface area contributed by atoms with E-state index in [0.717, 1.165) is 43.8 Å². The summed E-state index contributed by atoms with van der Waals surface area (Å²) in [7, 11) is 1.70. The zero-order chi connectivity index (χ0) is 16.4. The highest BCUT2D eigenvalue weighted by molar-refractivity contribution is 7.09. The average Bonchev–Trinajstić information content (AvgIpc) is 3.06. The van der Waals surface area contributed by atoms with E-state index < -0.39 is 5.60 Å². The molecule has 3 rings (SSSR count). The molecule has 0 N–H and O–H groups in total. The van der Waals surface area contributed by atoms with Crippen molar-refractivity contribution in [3.8, 4) is 0 Å². The minimum atomic E-state index is -0.420. The van der Waals surface area contributed by atoms with Crippen LogP contribution in [0.5, 0.6) is 0 Å². The molecular weight excluding hydrogens is 312 g/mol. The third-order valence-electron chi connectivity index (χ3n) is 5.09. The number of rotatable bonds is 4. The van der Waals surface area contributed by atoms with Gasteiger partial charge < -0.3 is 14.4 Å². The Morgan fingerprint density at radius 2 is 2.00 bits per heavy atom. The SMILES string of the molecule is COC(C)(C)c1nsc(N2CCC(N3CCOCC3C)CC2)n1. The van der Waals surface area contributed by atoms with Gasteiger partial charge >= 0.3 is 0 Å². The molecule has 1 aromatic rings. The second-order valence-electron chi connectivity index (χ2n) is 6.99. The van der Waals surface area contributed by atoms with Gasteiger partial charge in [0.05, 0.1) is 13.2 Å². The molecule has 2 aliphatic rings. The number of nitrogens with zero attached hydrogens (tertiary/aromatic N) is 4. The van der Waals surface area contributed by atoms with Crippen LogP contribution in [0, 0.1) is 0 Å². The van der Waals surface area contributed by atoms with E-state index in [9.17, 15) is 0 Å². The maximum Gasteiger partial charge on any atom is 0.205 e. The van der Waals surface area contributed by atoms with E-state index in [1.54, 1.807) is 7.11 Å². The summed E-state index contributed by atoms with van der Waals surface area (Å²) in [6.45, 7) is 11.2. The van der Waals surface area contributed by atoms with Crippen molar-refractivity contribution in [2.24, 2.45) is 0 Å². The first-order valence-electron chi connectivity index (χ1n) is 8.49. The summed E-state index contributed by atoms with van der Waals surface area (Å²) in [5.41, 5.74) is -0.420. The second-order valence-corrected chi connectivity index (χ2v) is 7.73. The number of ether oxygens (including phenoxy) is 2. The highest BCUT2D eigenvalue weighted by Crippen LogP contribution is 2.29. The fraction of sp³-hybridized carbons (Fsp3) is 0.875. The van der Waals surface area contributed by atoms with Crippen molar-refractivity contribution in [3.05, 3.63) is 5.82 Å². The number of hydrogen-bond donors (Lipinski definition) is 0. The van der Waals surface area contributed by atoms with Crippen molar-refractivity contribution in [2.75, 3.05) is 44.9 Å². The third kappa shape index (κ3) is 3.68. The van der Waals surface area contributed by atoms with Crippen molar-refractivity contribution >= 4 is 16.7 Å². The summed E-state index contributed by atoms with van der Waals surface area (Å²) in [4.78, 5) is 9.70. The Morgan fingerprint density at radius 3 is 2.65 bits per heavy atom. The maximum absolute atomic E-state index is 5.56. The Labute approximate surface area is 142 Å². The summed E-state index contributed by atoms with van der Waals surface area (Å²) in [6, 6.07) is 1.21. The van der Waals surface area contributed by atoms with Crippen LogP contribution in [0.1, 0.15) is 39.4 Å². The Bertz CT molecular complexity index is 514. The molecule has 0 bridgehead atoms. The first-order chi connectivity index (χ1) is 11.0. The number of piperidine rings is 1. The molecule has 6 nitrogen and oxygen atoms in total. The lowest BCUT2D eigenvalue weighted by molar-refractivity contribution is -0.0265. The topological polar surface area (TPSA) is 50.7 Å². The molecule has 1 atom stereocenters. The van der Waals surface area contributed by atoms with Gasteiger partial charge in [0.1, 0.15) is 5.60 Å². The van der Waals surface area contributed by atoms with Crippen LogP contribution >= 0.6 is 11.5 Å². The van der Waals surface area contributed by atoms with Crippen molar-refractivity contribution < 1.29 is 9.47 Å². The van der Waals surface area contributed by atoms with Crippen molar-refractivity contribution in [2.45, 2.75) is 51.3 Å². The second kappa shape index (κ2) is 7.01. The van der Waals surface area contributed by atoms with Gasteiger partial charge in [0, 0.05) is 50.4 Å². The molecule has 0 aromatic carbocycles. The van der Waals surface area contributed by atoms with Crippen LogP contribution in [-0.4, -0.2) is 66.3 Å². The summed E-state index contributed by atoms with van der Waals surface area (Å²) >= 11 is 1.49. The molecule has 1 unspecified atom stereocenters. The molecule has 7 heteroatoms. The lowest BCUT2D eigenvalue weighted by Gasteiger charge is -2.43. The van der Waals surface area contributed by atoms with E-state index in [1.807, 2.05) is 13.8 Å². The van der Waals surface area contributed by atoms with Gasteiger partial charge in [-0.1, -0.05) is 0 Å². The third-order valence-corrected chi connectivity index (χ3v) is 5.86. The Morgan fingerprint density at radius 1 is 1.26 bits per heavy atom. The molecule has 130 valence electrons. The number of hydrogen-bond acceptors (Lipinski definition) is 7. The normalized spacial score (nSPS) is 25.0. The number of methoxy groups -OCH3 is 1. The minimum absolute atomic E-state index is 0.420. The summed E-state index contributed by atoms with van der Waals surface area (Å²) in [5.74, 6) is 0.781. The van der Waals surface area contributed by atoms with Gasteiger partial charge in [0.15, 0.2) is 5.82 Å². The van der Waals surface area contributed by atoms with Crippen LogP contribution in [-0.2, 0) is 15.1 Å². The molecule has 3 heterocycles. The molecule has 0 radical (unpaired) electrons. The first-order valence-corrected chi connectivity index (χ1v) is 9.26. The highest BCUT2D eigenvalue weighted by Gasteiger charge is 2.31. The van der Waals surface area contributed by atoms with Crippen LogP contribution < -0.4 is 4.90 Å². The van der Waals surface area contributed by atoms with Crippen LogP contribution in [0.15, 0.2) is 0 Å². The predicted octanol–water partition coefficient (Wildman–Crippen LogP) is 2.11. The molecule has 23 heavy (non-hydrogen) atoms. The quantitative estimate of drug-likeness (QED) is 0.837. The molecule has 0 spiro atoms. The van der Waals surface area contributed by atoms with Gasteiger partial charge in [-0.05, 0) is 33.6 Å². The van der Waals surface area contributed by atoms with Crippen LogP contribution in [0.25, 0.3) is 0 Å². The lowest BCUT2D eigenvalue weighted by atomic mass is 10.0. The zero-order valence-electron chi connectivity index (χ0n) is 14.6. The summed E-state index contributed by atoms with van der Waals surface area (Å²) < 4.78 is 15.5. The van der Waals surface area contributed by atoms with Crippen LogP contribution in [0.4, 0.5) is 5.13 Å². The van der Waals surface area contributed by atoms with Gasteiger partial charge in [-0.15, -0.1) is 0 Å². The van der Waals surface area contributed by atoms with Gasteiger partial charge in [0.2, 0.25) is 5.13 Å². The standard InChI is InChI=1S/C16H28N4O2S/c1-12-11-22-10-9-20(12)13-5-7-19(8-6-13)15-17-14(18-23-15)16(2,3)21-4/h12-13H,5-11H2,1-4H3. The van der Waals surface area contributed by atoms with Gasteiger partial charge in [-0.2, -0.15) is 4.37 Å². The van der Waals surface area contributed by atoms with Gasteiger partial charge in [0.25, 0.3) is 0 Å². The largest absolute Gasteiger partial charge is 0.379 e. The van der Waals surface area contributed by atoms with E-state index in [4.69, 9.17) is 14.5 Å². The predicted molar refractivity (Wildman–Crippen MR) is 92.2 cm³/mol. The van der Waals surface area contributed by atoms with Crippen molar-refractivity contribution in [1.29, 1.82) is 0 Å². The monoisotopic (exact) mass is 340 g/mol. The van der Waals surface area contributed by atoms with Crippen molar-refractivity contribution in [1.82, 2.24) is 14.3 Å². The maximum atomic E-state index is 5.56. The van der Waals surface area contributed by atoms with Crippen molar-refractivity contribution in [3.63, 3.8) is 0 Å². The fourth-order valence-electron chi connectivity index (χ4n) is 3.35. The number of aromatic nitrogens is 2. The van der Waals surface area contributed by atoms with E-state index in [-0.39, 0.29) is 0 Å². The highest BCUT2D eigenvalue weighted by atomic mass is 32.1. The smallest absolute Gasteiger partial charge is 0.205 e. The summed E-state index contributed by atoms with van der Waals surface area (Å²) in [5, 5.41) is 1.03. The van der Waals surface area contributed by atoms with E-state index in [2.05, 4.69) is 21.1 Å². The van der Waals surface area contributed by atoms with Crippen LogP contribution in [0.3, 0.4) is 0 Å². The van der Waals surface area contributed by atoms with Gasteiger partial charge in [-0.3, -0.25) is 4.90 Å². The molecule has 2 saturated heterocycles. The van der Waals surface area contributed by atoms with E-state index in [0.29, 0.717) is 12.1 Å². The fourth-order valence-corrected chi connectivity index (χ4v) is 4.21. The average molecular weight is 340 g/mol. The Hall–Kier alpha value is -0.760. The van der Waals surface area contributed by atoms with E-state index >= 15 is 0 Å². The Kier molecular flexibility index (Phi) is 5.20. The van der Waals surface area contributed by atoms with Crippen LogP contribution in [0.2, 0.25) is 0 Å². The number of anilines is 1. The molecule has 0 saturated carbocycles. The minimum Gasteiger partial charge on any atom is -0.379 e. The van der Waals surface area contributed by atoms with E-state index in [1.165, 1.54) is 24.4 Å². The summed E-state index contributed by atoms with van der Waals surface area (Å²) in [6.07, 6.45) is 2.37. The molecule has 0 aliphatic carbocycles. The molecule has 2 fully saturated rings.